The predicted molar refractivity (Wildman–Crippen MR) is 173 cm³/mol. The van der Waals surface area contributed by atoms with Crippen molar-refractivity contribution in [3.63, 3.8) is 0 Å². The van der Waals surface area contributed by atoms with E-state index in [0.717, 1.165) is 61.0 Å². The number of nitrogens with zero attached hydrogens (tertiary/aromatic N) is 1. The Kier molecular flexibility index (Phi) is 11.0. The van der Waals surface area contributed by atoms with E-state index in [0.29, 0.717) is 36.3 Å². The maximum absolute atomic E-state index is 12.3. The smallest absolute Gasteiger partial charge is 0.303 e. The van der Waals surface area contributed by atoms with Gasteiger partial charge in [0.25, 0.3) is 0 Å². The summed E-state index contributed by atoms with van der Waals surface area (Å²) in [5.41, 5.74) is 4.69. The molecule has 3 aliphatic rings. The lowest BCUT2D eigenvalue weighted by Gasteiger charge is -2.41. The van der Waals surface area contributed by atoms with Crippen molar-refractivity contribution in [2.75, 3.05) is 13.1 Å². The number of unbranched alkanes of at least 4 members (excludes halogenated alkanes) is 3. The topological polar surface area (TPSA) is 108 Å². The van der Waals surface area contributed by atoms with E-state index in [4.69, 9.17) is 14.6 Å². The van der Waals surface area contributed by atoms with Gasteiger partial charge in [-0.15, -0.1) is 0 Å². The quantitative estimate of drug-likeness (QED) is 0.203. The van der Waals surface area contributed by atoms with Crippen LogP contribution in [-0.2, 0) is 32.2 Å². The van der Waals surface area contributed by atoms with Gasteiger partial charge in [0, 0.05) is 50.5 Å². The summed E-state index contributed by atoms with van der Waals surface area (Å²) in [5, 5.41) is 21.3. The number of hydrogen-bond acceptors (Lipinski definition) is 6. The van der Waals surface area contributed by atoms with Crippen LogP contribution in [0.5, 0.6) is 0 Å². The summed E-state index contributed by atoms with van der Waals surface area (Å²) in [6.07, 6.45) is 7.72. The number of nitrogens with one attached hydrogen (secondary N) is 1. The van der Waals surface area contributed by atoms with Gasteiger partial charge in [-0.3, -0.25) is 14.5 Å². The number of rotatable bonds is 14. The number of likely N-dealkylation sites (tertiary alicyclic amines) is 1. The summed E-state index contributed by atoms with van der Waals surface area (Å²) < 4.78 is 13.3. The largest absolute Gasteiger partial charge is 0.481 e. The zero-order valence-electron chi connectivity index (χ0n) is 27.3. The molecule has 1 aliphatic carbocycles. The maximum Gasteiger partial charge on any atom is 0.303 e. The second kappa shape index (κ2) is 14.8. The summed E-state index contributed by atoms with van der Waals surface area (Å²) in [5.74, 6) is -0.755. The Morgan fingerprint density at radius 2 is 1.56 bits per heavy atom. The van der Waals surface area contributed by atoms with E-state index in [1.807, 2.05) is 36.4 Å². The average molecular weight is 621 g/mol. The number of fused-ring (bicyclic) bond motifs is 2. The molecule has 246 valence electrons. The Morgan fingerprint density at radius 3 is 2.24 bits per heavy atom. The van der Waals surface area contributed by atoms with Gasteiger partial charge in [-0.1, -0.05) is 82.1 Å². The lowest BCUT2D eigenvalue weighted by atomic mass is 9.65. The normalized spacial score (nSPS) is 27.7. The summed E-state index contributed by atoms with van der Waals surface area (Å²) in [4.78, 5) is 25.6. The first-order chi connectivity index (χ1) is 21.5. The molecule has 2 unspecified atom stereocenters. The van der Waals surface area contributed by atoms with Gasteiger partial charge in [0.05, 0.1) is 18.8 Å². The van der Waals surface area contributed by atoms with Crippen LogP contribution in [0.1, 0.15) is 120 Å². The van der Waals surface area contributed by atoms with Gasteiger partial charge >= 0.3 is 5.97 Å². The first kappa shape index (κ1) is 33.6. The van der Waals surface area contributed by atoms with Crippen molar-refractivity contribution >= 4 is 11.9 Å². The molecule has 0 radical (unpaired) electrons. The number of benzene rings is 2. The molecule has 2 aromatic rings. The first-order valence-electron chi connectivity index (χ1n) is 16.8. The highest BCUT2D eigenvalue weighted by atomic mass is 16.7. The number of carboxylic acids is 1. The van der Waals surface area contributed by atoms with E-state index in [2.05, 4.69) is 43.1 Å². The molecule has 3 fully saturated rings. The highest BCUT2D eigenvalue weighted by Crippen LogP contribution is 2.53. The highest BCUT2D eigenvalue weighted by molar-refractivity contribution is 5.75. The monoisotopic (exact) mass is 620 g/mol. The lowest BCUT2D eigenvalue weighted by molar-refractivity contribution is -0.253. The fraction of sp³-hybridized carbons (Fsp3) is 0.622. The van der Waals surface area contributed by atoms with Crippen LogP contribution in [0.3, 0.4) is 0 Å². The number of amides is 1. The summed E-state index contributed by atoms with van der Waals surface area (Å²) in [6, 6.07) is 16.8. The van der Waals surface area contributed by atoms with Crippen LogP contribution in [0, 0.1) is 10.8 Å². The summed E-state index contributed by atoms with van der Waals surface area (Å²) in [7, 11) is 0. The standard InChI is InChI=1S/C37H52N2O6/c1-36(2)19-30-20-37(3,24-36)25-39(30)22-31-18-32(28-14-12-27(23-40)13-15-28)45-35(44-31)29-16-10-26(11-17-29)21-38-33(41)8-6-4-5-7-9-34(42)43/h10-17,30-32,35,40H,4-9,18-25H2,1-3H3,(H,38,41)(H,42,43)/t30?,31-,32+,35+,37?/m1/s1. The van der Waals surface area contributed by atoms with Crippen LogP contribution in [0.2, 0.25) is 0 Å². The highest BCUT2D eigenvalue weighted by Gasteiger charge is 2.50. The number of ether oxygens (including phenoxy) is 2. The van der Waals surface area contributed by atoms with Gasteiger partial charge in [0.1, 0.15) is 0 Å². The van der Waals surface area contributed by atoms with E-state index < -0.39 is 12.3 Å². The minimum absolute atomic E-state index is 0.0119. The molecule has 2 aromatic carbocycles. The molecule has 2 saturated heterocycles. The van der Waals surface area contributed by atoms with Crippen LogP contribution in [0.25, 0.3) is 0 Å². The number of aliphatic hydroxyl groups is 1. The lowest BCUT2D eigenvalue weighted by Crippen LogP contribution is -2.42. The second-order valence-electron chi connectivity index (χ2n) is 14.8. The van der Waals surface area contributed by atoms with Crippen molar-refractivity contribution in [3.8, 4) is 0 Å². The summed E-state index contributed by atoms with van der Waals surface area (Å²) >= 11 is 0. The molecule has 1 amide bonds. The van der Waals surface area contributed by atoms with Gasteiger partial charge in [-0.25, -0.2) is 0 Å². The van der Waals surface area contributed by atoms with Crippen LogP contribution >= 0.6 is 0 Å². The Bertz CT molecular complexity index is 1280. The van der Waals surface area contributed by atoms with E-state index in [-0.39, 0.29) is 31.1 Å². The molecule has 3 N–H and O–H groups in total. The third-order valence-corrected chi connectivity index (χ3v) is 9.86. The molecule has 2 heterocycles. The van der Waals surface area contributed by atoms with Crippen LogP contribution in [-0.4, -0.2) is 52.2 Å². The fourth-order valence-corrected chi connectivity index (χ4v) is 8.08. The predicted octanol–water partition coefficient (Wildman–Crippen LogP) is 6.67. The number of hydrogen-bond donors (Lipinski definition) is 3. The summed E-state index contributed by atoms with van der Waals surface area (Å²) in [6.45, 7) is 9.77. The number of carbonyl (C=O) groups is 2. The molecule has 0 spiro atoms. The van der Waals surface area contributed by atoms with Crippen LogP contribution in [0.4, 0.5) is 0 Å². The maximum atomic E-state index is 12.3. The van der Waals surface area contributed by atoms with Gasteiger partial charge in [-0.05, 0) is 59.6 Å². The zero-order chi connectivity index (χ0) is 32.0. The zero-order valence-corrected chi connectivity index (χ0v) is 27.3. The molecule has 1 saturated carbocycles. The molecular weight excluding hydrogens is 568 g/mol. The Hall–Kier alpha value is -2.78. The van der Waals surface area contributed by atoms with Crippen molar-refractivity contribution in [2.24, 2.45) is 10.8 Å². The van der Waals surface area contributed by atoms with Gasteiger partial charge in [0.15, 0.2) is 6.29 Å². The van der Waals surface area contributed by atoms with Gasteiger partial charge in [0.2, 0.25) is 5.91 Å². The van der Waals surface area contributed by atoms with E-state index >= 15 is 0 Å². The molecule has 5 rings (SSSR count). The SMILES string of the molecule is CC1(C)CC2CC(C)(CN2C[C@H]2C[C@@H](c3ccc(CO)cc3)O[C@@H](c3ccc(CNC(=O)CCCCCCC(=O)O)cc3)O2)C1. The van der Waals surface area contributed by atoms with Crippen molar-refractivity contribution in [2.45, 2.75) is 123 Å². The first-order valence-corrected chi connectivity index (χ1v) is 16.8. The molecular formula is C37H52N2O6. The molecule has 2 bridgehead atoms. The minimum Gasteiger partial charge on any atom is -0.481 e. The molecule has 0 aromatic heterocycles. The van der Waals surface area contributed by atoms with Gasteiger partial charge < -0.3 is 25.0 Å². The third kappa shape index (κ3) is 9.38. The number of carbonyl (C=O) groups excluding carboxylic acids is 1. The Morgan fingerprint density at radius 1 is 0.889 bits per heavy atom. The molecule has 5 atom stereocenters. The molecule has 45 heavy (non-hydrogen) atoms. The second-order valence-corrected chi connectivity index (χ2v) is 14.8. The van der Waals surface area contributed by atoms with Crippen molar-refractivity contribution in [1.29, 1.82) is 0 Å². The molecule has 8 nitrogen and oxygen atoms in total. The third-order valence-electron chi connectivity index (χ3n) is 9.86. The fourth-order valence-electron chi connectivity index (χ4n) is 8.08. The number of aliphatic carboxylic acids is 1. The van der Waals surface area contributed by atoms with E-state index in [1.165, 1.54) is 19.3 Å². The van der Waals surface area contributed by atoms with Gasteiger partial charge in [-0.2, -0.15) is 0 Å². The molecule has 2 aliphatic heterocycles. The number of carboxylic acid groups (broad SMARTS) is 1. The minimum atomic E-state index is -0.767. The van der Waals surface area contributed by atoms with Crippen LogP contribution < -0.4 is 5.32 Å². The van der Waals surface area contributed by atoms with Crippen LogP contribution in [0.15, 0.2) is 48.5 Å². The Balaban J connectivity index is 1.19. The van der Waals surface area contributed by atoms with Crippen molar-refractivity contribution in [1.82, 2.24) is 10.2 Å². The number of aliphatic hydroxyl groups excluding tert-OH is 1. The Labute approximate surface area is 268 Å². The van der Waals surface area contributed by atoms with Crippen molar-refractivity contribution in [3.05, 3.63) is 70.8 Å². The van der Waals surface area contributed by atoms with E-state index in [1.54, 1.807) is 0 Å². The molecule has 8 heteroatoms. The van der Waals surface area contributed by atoms with Crippen molar-refractivity contribution < 1.29 is 29.3 Å². The van der Waals surface area contributed by atoms with E-state index in [9.17, 15) is 14.7 Å². The average Bonchev–Trinajstić information content (AvgIpc) is 3.24.